The number of ether oxygens (including phenoxy) is 1. The van der Waals surface area contributed by atoms with E-state index in [0.717, 1.165) is 41.7 Å². The largest absolute Gasteiger partial charge is 0.497 e. The predicted octanol–water partition coefficient (Wildman–Crippen LogP) is 4.58. The number of hydrogen-bond donors (Lipinski definition) is 0. The molecule has 2 aromatic carbocycles. The summed E-state index contributed by atoms with van der Waals surface area (Å²) in [6, 6.07) is 11.9. The minimum Gasteiger partial charge on any atom is -0.497 e. The summed E-state index contributed by atoms with van der Waals surface area (Å²) in [6.45, 7) is 6.91. The fourth-order valence-corrected chi connectivity index (χ4v) is 6.11. The number of sulfonamides is 1. The third kappa shape index (κ3) is 4.19. The first kappa shape index (κ1) is 19.9. The van der Waals surface area contributed by atoms with E-state index < -0.39 is 10.0 Å². The molecule has 27 heavy (non-hydrogen) atoms. The molecule has 0 bridgehead atoms. The monoisotopic (exact) mass is 387 g/mol. The lowest BCUT2D eigenvalue weighted by molar-refractivity contribution is 0.404. The van der Waals surface area contributed by atoms with E-state index in [2.05, 4.69) is 12.1 Å². The summed E-state index contributed by atoms with van der Waals surface area (Å²) in [5.74, 6) is 1.03. The Balaban J connectivity index is 1.92. The van der Waals surface area contributed by atoms with Gasteiger partial charge in [0.2, 0.25) is 10.0 Å². The smallest absolute Gasteiger partial charge is 0.243 e. The van der Waals surface area contributed by atoms with Crippen LogP contribution < -0.4 is 4.74 Å². The molecular weight excluding hydrogens is 358 g/mol. The van der Waals surface area contributed by atoms with Crippen LogP contribution in [0.3, 0.4) is 0 Å². The minimum absolute atomic E-state index is 0.208. The van der Waals surface area contributed by atoms with Crippen LogP contribution >= 0.6 is 0 Å². The second kappa shape index (κ2) is 8.03. The van der Waals surface area contributed by atoms with Gasteiger partial charge in [-0.25, -0.2) is 8.42 Å². The first-order valence-electron chi connectivity index (χ1n) is 9.55. The van der Waals surface area contributed by atoms with Crippen molar-refractivity contribution in [3.8, 4) is 5.75 Å². The highest BCUT2D eigenvalue weighted by molar-refractivity contribution is 7.89. The van der Waals surface area contributed by atoms with E-state index in [9.17, 15) is 8.42 Å². The maximum atomic E-state index is 13.5. The molecule has 1 aliphatic rings. The lowest BCUT2D eigenvalue weighted by Crippen LogP contribution is -2.35. The Bertz CT molecular complexity index is 881. The molecule has 0 radical (unpaired) electrons. The minimum atomic E-state index is -3.51. The number of benzene rings is 2. The molecule has 4 nitrogen and oxygen atoms in total. The summed E-state index contributed by atoms with van der Waals surface area (Å²) in [7, 11) is -1.85. The van der Waals surface area contributed by atoms with Crippen LogP contribution in [0.2, 0.25) is 0 Å². The number of nitrogens with zero attached hydrogens (tertiary/aromatic N) is 1. The van der Waals surface area contributed by atoms with Gasteiger partial charge in [-0.05, 0) is 68.4 Å². The van der Waals surface area contributed by atoms with Crippen molar-refractivity contribution in [1.82, 2.24) is 4.31 Å². The molecule has 2 aromatic rings. The third-order valence-corrected chi connectivity index (χ3v) is 7.60. The van der Waals surface area contributed by atoms with Gasteiger partial charge in [-0.3, -0.25) is 0 Å². The molecule has 1 heterocycles. The molecule has 1 aliphatic heterocycles. The van der Waals surface area contributed by atoms with Crippen LogP contribution in [0.5, 0.6) is 5.75 Å². The van der Waals surface area contributed by atoms with Crippen LogP contribution in [0.25, 0.3) is 0 Å². The highest BCUT2D eigenvalue weighted by Crippen LogP contribution is 2.32. The van der Waals surface area contributed by atoms with Crippen molar-refractivity contribution in [3.63, 3.8) is 0 Å². The molecule has 0 aliphatic carbocycles. The second-order valence-corrected chi connectivity index (χ2v) is 9.43. The molecule has 146 valence electrons. The van der Waals surface area contributed by atoms with Gasteiger partial charge in [-0.15, -0.1) is 0 Å². The fraction of sp³-hybridized carbons (Fsp3) is 0.455. The molecule has 0 amide bonds. The summed E-state index contributed by atoms with van der Waals surface area (Å²) in [4.78, 5) is 0.475. The van der Waals surface area contributed by atoms with Gasteiger partial charge in [0.25, 0.3) is 0 Å². The standard InChI is InChI=1S/C22H29NO3S/c1-16-13-17(2)22(18(3)14-16)27(24,25)23-12-6-5-7-20(15-23)19-8-10-21(26-4)11-9-19/h8-11,13-14,20H,5-7,12,15H2,1-4H3. The quantitative estimate of drug-likeness (QED) is 0.771. The highest BCUT2D eigenvalue weighted by atomic mass is 32.2. The summed E-state index contributed by atoms with van der Waals surface area (Å²) < 4.78 is 33.9. The Morgan fingerprint density at radius 2 is 1.63 bits per heavy atom. The van der Waals surface area contributed by atoms with Crippen molar-refractivity contribution in [3.05, 3.63) is 58.7 Å². The fourth-order valence-electron chi connectivity index (χ4n) is 4.18. The zero-order valence-electron chi connectivity index (χ0n) is 16.7. The normalized spacial score (nSPS) is 18.9. The maximum Gasteiger partial charge on any atom is 0.243 e. The van der Waals surface area contributed by atoms with Crippen LogP contribution in [0.4, 0.5) is 0 Å². The van der Waals surface area contributed by atoms with Crippen molar-refractivity contribution in [2.45, 2.75) is 50.8 Å². The zero-order valence-corrected chi connectivity index (χ0v) is 17.5. The number of aryl methyl sites for hydroxylation is 3. The Morgan fingerprint density at radius 3 is 2.22 bits per heavy atom. The summed E-state index contributed by atoms with van der Waals surface area (Å²) in [6.07, 6.45) is 2.94. The SMILES string of the molecule is COc1ccc(C2CCCCN(S(=O)(=O)c3c(C)cc(C)cc3C)C2)cc1. The van der Waals surface area contributed by atoms with Crippen molar-refractivity contribution in [1.29, 1.82) is 0 Å². The molecule has 1 atom stereocenters. The van der Waals surface area contributed by atoms with Crippen molar-refractivity contribution < 1.29 is 13.2 Å². The molecule has 0 saturated carbocycles. The molecule has 1 fully saturated rings. The molecule has 5 heteroatoms. The Morgan fingerprint density at radius 1 is 1.00 bits per heavy atom. The number of hydrogen-bond acceptors (Lipinski definition) is 3. The summed E-state index contributed by atoms with van der Waals surface area (Å²) in [5.41, 5.74) is 3.93. The van der Waals surface area contributed by atoms with Crippen LogP contribution in [-0.4, -0.2) is 32.9 Å². The van der Waals surface area contributed by atoms with Gasteiger partial charge in [-0.1, -0.05) is 36.2 Å². The molecule has 0 N–H and O–H groups in total. The Kier molecular flexibility index (Phi) is 5.92. The van der Waals surface area contributed by atoms with E-state index in [4.69, 9.17) is 4.74 Å². The zero-order chi connectivity index (χ0) is 19.6. The van der Waals surface area contributed by atoms with E-state index in [1.54, 1.807) is 11.4 Å². The van der Waals surface area contributed by atoms with Gasteiger partial charge in [0.05, 0.1) is 12.0 Å². The third-order valence-electron chi connectivity index (χ3n) is 5.42. The molecule has 0 aromatic heterocycles. The average Bonchev–Trinajstić information content (AvgIpc) is 2.87. The predicted molar refractivity (Wildman–Crippen MR) is 109 cm³/mol. The average molecular weight is 388 g/mol. The topological polar surface area (TPSA) is 46.6 Å². The molecule has 1 saturated heterocycles. The lowest BCUT2D eigenvalue weighted by Gasteiger charge is -2.26. The van der Waals surface area contributed by atoms with Gasteiger partial charge in [-0.2, -0.15) is 4.31 Å². The summed E-state index contributed by atoms with van der Waals surface area (Å²) in [5, 5.41) is 0. The second-order valence-electron chi connectivity index (χ2n) is 7.56. The molecule has 1 unspecified atom stereocenters. The van der Waals surface area contributed by atoms with Crippen molar-refractivity contribution >= 4 is 10.0 Å². The van der Waals surface area contributed by atoms with Crippen molar-refractivity contribution in [2.75, 3.05) is 20.2 Å². The van der Waals surface area contributed by atoms with Crippen LogP contribution in [0.1, 0.15) is 47.4 Å². The maximum absolute atomic E-state index is 13.5. The van der Waals surface area contributed by atoms with Crippen LogP contribution in [0, 0.1) is 20.8 Å². The first-order valence-corrected chi connectivity index (χ1v) is 11.0. The Hall–Kier alpha value is -1.85. The van der Waals surface area contributed by atoms with E-state index in [0.29, 0.717) is 18.0 Å². The highest BCUT2D eigenvalue weighted by Gasteiger charge is 2.31. The van der Waals surface area contributed by atoms with E-state index in [1.807, 2.05) is 45.0 Å². The van der Waals surface area contributed by atoms with E-state index >= 15 is 0 Å². The number of rotatable bonds is 4. The lowest BCUT2D eigenvalue weighted by atomic mass is 9.94. The first-order chi connectivity index (χ1) is 12.8. The molecule has 0 spiro atoms. The molecular formula is C22H29NO3S. The number of methoxy groups -OCH3 is 1. The Labute approximate surface area is 163 Å². The van der Waals surface area contributed by atoms with E-state index in [-0.39, 0.29) is 5.92 Å². The van der Waals surface area contributed by atoms with Crippen molar-refractivity contribution in [2.24, 2.45) is 0 Å². The van der Waals surface area contributed by atoms with Gasteiger partial charge in [0.1, 0.15) is 5.75 Å². The summed E-state index contributed by atoms with van der Waals surface area (Å²) >= 11 is 0. The molecule has 3 rings (SSSR count). The van der Waals surface area contributed by atoms with Gasteiger partial charge < -0.3 is 4.74 Å². The van der Waals surface area contributed by atoms with Crippen LogP contribution in [-0.2, 0) is 10.0 Å². The van der Waals surface area contributed by atoms with Gasteiger partial charge in [0.15, 0.2) is 0 Å². The van der Waals surface area contributed by atoms with E-state index in [1.165, 1.54) is 5.56 Å². The van der Waals surface area contributed by atoms with Gasteiger partial charge in [0, 0.05) is 13.1 Å². The van der Waals surface area contributed by atoms with Crippen LogP contribution in [0.15, 0.2) is 41.3 Å². The van der Waals surface area contributed by atoms with Gasteiger partial charge >= 0.3 is 0 Å².